The van der Waals surface area contributed by atoms with Crippen LogP contribution in [0, 0.1) is 0 Å². The predicted octanol–water partition coefficient (Wildman–Crippen LogP) is 5.87. The van der Waals surface area contributed by atoms with E-state index in [0.717, 1.165) is 40.4 Å². The Morgan fingerprint density at radius 1 is 0.969 bits per heavy atom. The van der Waals surface area contributed by atoms with Gasteiger partial charge in [-0.05, 0) is 65.6 Å². The maximum Gasteiger partial charge on any atom is 0.345 e. The van der Waals surface area contributed by atoms with Crippen LogP contribution in [0.3, 0.4) is 0 Å². The number of nitrogens with zero attached hydrogens (tertiary/aromatic N) is 1. The normalized spacial score (nSPS) is 13.7. The van der Waals surface area contributed by atoms with E-state index in [1.54, 1.807) is 12.1 Å². The van der Waals surface area contributed by atoms with Crippen LogP contribution in [0.25, 0.3) is 27.6 Å². The van der Waals surface area contributed by atoms with Gasteiger partial charge in [0.2, 0.25) is 5.88 Å². The number of esters is 1. The lowest BCUT2D eigenvalue weighted by Crippen LogP contribution is -2.13. The lowest BCUT2D eigenvalue weighted by Gasteiger charge is -2.13. The van der Waals surface area contributed by atoms with Gasteiger partial charge < -0.3 is 10.5 Å². The van der Waals surface area contributed by atoms with Gasteiger partial charge in [0.05, 0.1) is 16.5 Å². The Balaban J connectivity index is 1.49. The predicted molar refractivity (Wildman–Crippen MR) is 127 cm³/mol. The number of carbonyl (C=O) groups is 1. The first kappa shape index (κ1) is 20.2. The molecular weight excluding hydrogens is 398 g/mol. The van der Waals surface area contributed by atoms with Crippen molar-refractivity contribution in [3.05, 3.63) is 89.5 Å². The van der Waals surface area contributed by atoms with E-state index in [0.29, 0.717) is 5.56 Å². The largest absolute Gasteiger partial charge is 0.401 e. The van der Waals surface area contributed by atoms with Crippen molar-refractivity contribution in [1.82, 2.24) is 10.2 Å². The summed E-state index contributed by atoms with van der Waals surface area (Å²) in [4.78, 5) is 12.9. The minimum absolute atomic E-state index is 0.265. The van der Waals surface area contributed by atoms with E-state index in [1.165, 1.54) is 24.0 Å². The molecule has 3 N–H and O–H groups in total. The van der Waals surface area contributed by atoms with Gasteiger partial charge in [0.25, 0.3) is 0 Å². The van der Waals surface area contributed by atoms with Crippen LogP contribution < -0.4 is 10.5 Å². The maximum absolute atomic E-state index is 12.9. The van der Waals surface area contributed by atoms with Crippen LogP contribution in [0.15, 0.2) is 72.8 Å². The molecular formula is C27H25N3O2. The second-order valence-electron chi connectivity index (χ2n) is 8.06. The quantitative estimate of drug-likeness (QED) is 0.394. The molecule has 5 heteroatoms. The van der Waals surface area contributed by atoms with Gasteiger partial charge in [0.1, 0.15) is 0 Å². The van der Waals surface area contributed by atoms with Crippen molar-refractivity contribution in [2.75, 3.05) is 0 Å². The van der Waals surface area contributed by atoms with E-state index >= 15 is 0 Å². The van der Waals surface area contributed by atoms with Gasteiger partial charge in [0, 0.05) is 6.54 Å². The molecule has 0 unspecified atom stereocenters. The lowest BCUT2D eigenvalue weighted by atomic mass is 9.92. The van der Waals surface area contributed by atoms with Crippen molar-refractivity contribution >= 4 is 22.4 Å². The number of benzene rings is 3. The zero-order valence-corrected chi connectivity index (χ0v) is 17.8. The molecule has 0 spiro atoms. The first-order valence-electron chi connectivity index (χ1n) is 11.0. The highest BCUT2D eigenvalue weighted by molar-refractivity contribution is 6.01. The smallest absolute Gasteiger partial charge is 0.345 e. The summed E-state index contributed by atoms with van der Waals surface area (Å²) in [6.45, 7) is 0.265. The Bertz CT molecular complexity index is 1300. The van der Waals surface area contributed by atoms with Crippen molar-refractivity contribution in [1.29, 1.82) is 0 Å². The third-order valence-electron chi connectivity index (χ3n) is 6.06. The molecule has 1 aliphatic rings. The molecule has 160 valence electrons. The molecule has 0 saturated heterocycles. The molecule has 0 fully saturated rings. The Kier molecular flexibility index (Phi) is 5.57. The van der Waals surface area contributed by atoms with Crippen molar-refractivity contribution in [2.24, 2.45) is 5.73 Å². The summed E-state index contributed by atoms with van der Waals surface area (Å²) < 4.78 is 5.73. The molecule has 4 aromatic rings. The van der Waals surface area contributed by atoms with Gasteiger partial charge >= 0.3 is 5.97 Å². The minimum atomic E-state index is -0.464. The summed E-state index contributed by atoms with van der Waals surface area (Å²) in [5, 5.41) is 8.06. The van der Waals surface area contributed by atoms with E-state index in [4.69, 9.17) is 10.5 Å². The summed E-state index contributed by atoms with van der Waals surface area (Å²) in [5.41, 5.74) is 12.5. The summed E-state index contributed by atoms with van der Waals surface area (Å²) in [5.74, 6) is -0.194. The standard InChI is InChI=1S/C27H25N3O2/c28-17-21-9-4-5-10-23(21)27(31)32-26-25-22(11-6-12-24(25)29-30-26)20-15-13-19(14-16-20)18-7-2-1-3-8-18/h4-7,9-16H,1-3,8,17,28H2,(H,29,30). The molecule has 0 radical (unpaired) electrons. The van der Waals surface area contributed by atoms with Gasteiger partial charge in [-0.2, -0.15) is 0 Å². The fourth-order valence-electron chi connectivity index (χ4n) is 4.36. The zero-order valence-electron chi connectivity index (χ0n) is 17.8. The number of carbonyl (C=O) groups excluding carboxylic acids is 1. The molecule has 5 nitrogen and oxygen atoms in total. The average Bonchev–Trinajstić information content (AvgIpc) is 3.27. The molecule has 0 aliphatic heterocycles. The maximum atomic E-state index is 12.9. The highest BCUT2D eigenvalue weighted by Crippen LogP contribution is 2.35. The number of ether oxygens (including phenoxy) is 1. The van der Waals surface area contributed by atoms with Crippen LogP contribution in [0.5, 0.6) is 5.88 Å². The number of H-pyrrole nitrogens is 1. The first-order chi connectivity index (χ1) is 15.7. The van der Waals surface area contributed by atoms with Crippen molar-refractivity contribution in [3.8, 4) is 17.0 Å². The highest BCUT2D eigenvalue weighted by atomic mass is 16.5. The van der Waals surface area contributed by atoms with Crippen molar-refractivity contribution < 1.29 is 9.53 Å². The molecule has 5 rings (SSSR count). The molecule has 1 heterocycles. The van der Waals surface area contributed by atoms with Gasteiger partial charge in [-0.1, -0.05) is 60.7 Å². The van der Waals surface area contributed by atoms with Gasteiger partial charge in [0.15, 0.2) is 0 Å². The highest BCUT2D eigenvalue weighted by Gasteiger charge is 2.19. The third-order valence-corrected chi connectivity index (χ3v) is 6.06. The number of aromatic amines is 1. The first-order valence-corrected chi connectivity index (χ1v) is 11.0. The van der Waals surface area contributed by atoms with Gasteiger partial charge in [-0.3, -0.25) is 5.10 Å². The van der Waals surface area contributed by atoms with E-state index < -0.39 is 5.97 Å². The number of aromatic nitrogens is 2. The van der Waals surface area contributed by atoms with Crippen LogP contribution >= 0.6 is 0 Å². The number of nitrogens with one attached hydrogen (secondary N) is 1. The Morgan fingerprint density at radius 3 is 2.56 bits per heavy atom. The second kappa shape index (κ2) is 8.81. The number of nitrogens with two attached hydrogens (primary N) is 1. The molecule has 0 amide bonds. The number of rotatable bonds is 5. The Morgan fingerprint density at radius 2 is 1.78 bits per heavy atom. The van der Waals surface area contributed by atoms with Crippen LogP contribution in [0.2, 0.25) is 0 Å². The second-order valence-corrected chi connectivity index (χ2v) is 8.06. The van der Waals surface area contributed by atoms with E-state index in [-0.39, 0.29) is 12.4 Å². The summed E-state index contributed by atoms with van der Waals surface area (Å²) in [6.07, 6.45) is 7.19. The van der Waals surface area contributed by atoms with Gasteiger partial charge in [-0.15, -0.1) is 5.10 Å². The van der Waals surface area contributed by atoms with Crippen molar-refractivity contribution in [2.45, 2.75) is 32.2 Å². The SMILES string of the molecule is NCc1ccccc1C(=O)Oc1n[nH]c2cccc(-c3ccc(C4=CCCCC4)cc3)c12. The number of hydrogen-bond donors (Lipinski definition) is 2. The molecule has 0 saturated carbocycles. The van der Waals surface area contributed by atoms with E-state index in [9.17, 15) is 4.79 Å². The van der Waals surface area contributed by atoms with Gasteiger partial charge in [-0.25, -0.2) is 4.79 Å². The molecule has 0 atom stereocenters. The number of fused-ring (bicyclic) bond motifs is 1. The van der Waals surface area contributed by atoms with E-state index in [1.807, 2.05) is 30.3 Å². The Labute approximate surface area is 186 Å². The Hall–Kier alpha value is -3.70. The summed E-state index contributed by atoms with van der Waals surface area (Å²) in [7, 11) is 0. The average molecular weight is 424 g/mol. The summed E-state index contributed by atoms with van der Waals surface area (Å²) in [6, 6.07) is 21.7. The summed E-state index contributed by atoms with van der Waals surface area (Å²) >= 11 is 0. The molecule has 1 aromatic heterocycles. The van der Waals surface area contributed by atoms with E-state index in [2.05, 4.69) is 40.5 Å². The van der Waals surface area contributed by atoms with Crippen LogP contribution in [0.1, 0.15) is 47.2 Å². The molecule has 32 heavy (non-hydrogen) atoms. The lowest BCUT2D eigenvalue weighted by molar-refractivity contribution is 0.0728. The molecule has 0 bridgehead atoms. The van der Waals surface area contributed by atoms with Crippen LogP contribution in [-0.2, 0) is 6.54 Å². The minimum Gasteiger partial charge on any atom is -0.401 e. The number of hydrogen-bond acceptors (Lipinski definition) is 4. The number of allylic oxidation sites excluding steroid dienone is 2. The monoisotopic (exact) mass is 423 g/mol. The topological polar surface area (TPSA) is 81.0 Å². The fourth-order valence-corrected chi connectivity index (χ4v) is 4.36. The molecule has 3 aromatic carbocycles. The van der Waals surface area contributed by atoms with Crippen LogP contribution in [-0.4, -0.2) is 16.2 Å². The molecule has 1 aliphatic carbocycles. The van der Waals surface area contributed by atoms with Crippen molar-refractivity contribution in [3.63, 3.8) is 0 Å². The third kappa shape index (κ3) is 3.83. The van der Waals surface area contributed by atoms with Crippen LogP contribution in [0.4, 0.5) is 0 Å². The fraction of sp³-hybridized carbons (Fsp3) is 0.185. The zero-order chi connectivity index (χ0) is 21.9.